The Morgan fingerprint density at radius 2 is 1.56 bits per heavy atom. The van der Waals surface area contributed by atoms with Gasteiger partial charge in [0.25, 0.3) is 5.91 Å². The fourth-order valence-corrected chi connectivity index (χ4v) is 2.67. The maximum Gasteiger partial charge on any atom is 0.291 e. The van der Waals surface area contributed by atoms with Crippen molar-refractivity contribution in [2.45, 2.75) is 0 Å². The smallest absolute Gasteiger partial charge is 0.291 e. The lowest BCUT2D eigenvalue weighted by Crippen LogP contribution is -2.15. The zero-order valence-corrected chi connectivity index (χ0v) is 14.2. The van der Waals surface area contributed by atoms with E-state index in [1.807, 2.05) is 36.4 Å². The number of amides is 1. The van der Waals surface area contributed by atoms with Gasteiger partial charge in [0.05, 0.1) is 11.1 Å². The van der Waals surface area contributed by atoms with Gasteiger partial charge >= 0.3 is 0 Å². The number of hydrogen-bond acceptors (Lipinski definition) is 4. The van der Waals surface area contributed by atoms with Crippen molar-refractivity contribution in [2.75, 3.05) is 5.32 Å². The quantitative estimate of drug-likeness (QED) is 0.567. The van der Waals surface area contributed by atoms with E-state index < -0.39 is 5.91 Å². The minimum Gasteiger partial charge on any atom is -0.455 e. The van der Waals surface area contributed by atoms with Crippen LogP contribution in [0.3, 0.4) is 0 Å². The van der Waals surface area contributed by atoms with Crippen molar-refractivity contribution in [1.82, 2.24) is 0 Å². The summed E-state index contributed by atoms with van der Waals surface area (Å²) in [5.41, 5.74) is 0.571. The normalized spacial score (nSPS) is 10.5. The number of rotatable bonds is 4. The first kappa shape index (κ1) is 16.6. The molecule has 4 rings (SSSR count). The Bertz CT molecular complexity index is 1170. The molecule has 1 heterocycles. The third-order valence-corrected chi connectivity index (χ3v) is 3.96. The molecule has 3 aromatic carbocycles. The Hall–Kier alpha value is -3.86. The van der Waals surface area contributed by atoms with Crippen LogP contribution in [-0.4, -0.2) is 5.91 Å². The molecule has 5 heteroatoms. The maximum absolute atomic E-state index is 12.6. The molecule has 27 heavy (non-hydrogen) atoms. The van der Waals surface area contributed by atoms with Gasteiger partial charge in [0.2, 0.25) is 0 Å². The minimum atomic E-state index is -0.526. The number of nitrogens with one attached hydrogen (secondary N) is 1. The molecule has 0 spiro atoms. The van der Waals surface area contributed by atoms with Crippen LogP contribution >= 0.6 is 0 Å². The topological polar surface area (TPSA) is 68.5 Å². The van der Waals surface area contributed by atoms with Gasteiger partial charge in [-0.15, -0.1) is 0 Å². The summed E-state index contributed by atoms with van der Waals surface area (Å²) in [7, 11) is 0. The molecule has 0 aliphatic heterocycles. The fourth-order valence-electron chi connectivity index (χ4n) is 2.67. The van der Waals surface area contributed by atoms with Gasteiger partial charge in [-0.25, -0.2) is 0 Å². The van der Waals surface area contributed by atoms with Gasteiger partial charge in [-0.05, 0) is 36.4 Å². The molecule has 1 N–H and O–H groups in total. The molecule has 0 fully saturated rings. The third-order valence-electron chi connectivity index (χ3n) is 3.96. The highest BCUT2D eigenvalue weighted by Crippen LogP contribution is 2.29. The van der Waals surface area contributed by atoms with Gasteiger partial charge in [0.15, 0.2) is 16.9 Å². The Labute approximate surface area is 154 Å². The van der Waals surface area contributed by atoms with Gasteiger partial charge in [0.1, 0.15) is 11.3 Å². The van der Waals surface area contributed by atoms with Crippen molar-refractivity contribution in [2.24, 2.45) is 0 Å². The molecular formula is C22H15NO4. The van der Waals surface area contributed by atoms with Gasteiger partial charge in [-0.2, -0.15) is 0 Å². The largest absolute Gasteiger partial charge is 0.455 e. The van der Waals surface area contributed by atoms with Crippen LogP contribution in [0.4, 0.5) is 5.69 Å². The summed E-state index contributed by atoms with van der Waals surface area (Å²) in [5.74, 6) is 0.548. The first-order valence-electron chi connectivity index (χ1n) is 8.37. The summed E-state index contributed by atoms with van der Waals surface area (Å²) in [6.07, 6.45) is 0. The van der Waals surface area contributed by atoms with Gasteiger partial charge in [0, 0.05) is 6.07 Å². The van der Waals surface area contributed by atoms with Gasteiger partial charge in [-0.1, -0.05) is 42.5 Å². The molecule has 132 valence electrons. The summed E-state index contributed by atoms with van der Waals surface area (Å²) in [6.45, 7) is 0. The average molecular weight is 357 g/mol. The van der Waals surface area contributed by atoms with Crippen molar-refractivity contribution < 1.29 is 13.9 Å². The van der Waals surface area contributed by atoms with E-state index in [2.05, 4.69) is 5.32 Å². The lowest BCUT2D eigenvalue weighted by molar-refractivity contribution is 0.0997. The molecule has 0 atom stereocenters. The first-order valence-corrected chi connectivity index (χ1v) is 8.37. The van der Waals surface area contributed by atoms with Crippen LogP contribution in [0.1, 0.15) is 10.6 Å². The van der Waals surface area contributed by atoms with Crippen LogP contribution in [0.5, 0.6) is 11.5 Å². The van der Waals surface area contributed by atoms with Crippen LogP contribution < -0.4 is 15.5 Å². The molecule has 0 saturated carbocycles. The second-order valence-electron chi connectivity index (χ2n) is 5.84. The van der Waals surface area contributed by atoms with Crippen molar-refractivity contribution in [3.05, 3.63) is 101 Å². The zero-order valence-electron chi connectivity index (χ0n) is 14.2. The number of para-hydroxylation sites is 4. The highest BCUT2D eigenvalue weighted by atomic mass is 16.5. The predicted molar refractivity (Wildman–Crippen MR) is 103 cm³/mol. The van der Waals surface area contributed by atoms with E-state index in [4.69, 9.17) is 9.15 Å². The summed E-state index contributed by atoms with van der Waals surface area (Å²) in [6, 6.07) is 24.3. The predicted octanol–water partition coefficient (Wildman–Crippen LogP) is 4.84. The monoisotopic (exact) mass is 357 g/mol. The lowest BCUT2D eigenvalue weighted by atomic mass is 10.2. The molecule has 0 aliphatic rings. The molecule has 1 amide bonds. The van der Waals surface area contributed by atoms with Crippen molar-refractivity contribution >= 4 is 22.6 Å². The summed E-state index contributed by atoms with van der Waals surface area (Å²) >= 11 is 0. The number of carbonyl (C=O) groups is 1. The average Bonchev–Trinajstić information content (AvgIpc) is 2.70. The Morgan fingerprint density at radius 3 is 2.41 bits per heavy atom. The van der Waals surface area contributed by atoms with Crippen LogP contribution in [0.25, 0.3) is 11.0 Å². The molecular weight excluding hydrogens is 342 g/mol. The van der Waals surface area contributed by atoms with E-state index in [-0.39, 0.29) is 11.2 Å². The molecule has 0 aliphatic carbocycles. The van der Waals surface area contributed by atoms with Crippen molar-refractivity contribution in [3.8, 4) is 11.5 Å². The Morgan fingerprint density at radius 1 is 0.852 bits per heavy atom. The van der Waals surface area contributed by atoms with E-state index >= 15 is 0 Å². The molecule has 4 aromatic rings. The van der Waals surface area contributed by atoms with Crippen molar-refractivity contribution in [3.63, 3.8) is 0 Å². The number of carbonyl (C=O) groups excluding carboxylic acids is 1. The molecule has 0 unspecified atom stereocenters. The van der Waals surface area contributed by atoms with Crippen LogP contribution in [0.15, 0.2) is 94.1 Å². The van der Waals surface area contributed by atoms with Gasteiger partial charge < -0.3 is 14.5 Å². The second-order valence-corrected chi connectivity index (χ2v) is 5.84. The number of anilines is 1. The van der Waals surface area contributed by atoms with E-state index in [0.29, 0.717) is 28.2 Å². The first-order chi connectivity index (χ1) is 13.2. The molecule has 0 saturated heterocycles. The lowest BCUT2D eigenvalue weighted by Gasteiger charge is -2.12. The second kappa shape index (κ2) is 7.17. The SMILES string of the molecule is O=C(Nc1ccccc1Oc1ccccc1)c1cc(=O)c2ccccc2o1. The standard InChI is InChI=1S/C22H15NO4/c24-18-14-21(27-19-12-6-4-10-16(18)19)22(25)23-17-11-5-7-13-20(17)26-15-8-2-1-3-9-15/h1-14H,(H,23,25). The zero-order chi connectivity index (χ0) is 18.6. The number of benzene rings is 3. The Kier molecular flexibility index (Phi) is 4.41. The van der Waals surface area contributed by atoms with Crippen LogP contribution in [0.2, 0.25) is 0 Å². The van der Waals surface area contributed by atoms with E-state index in [1.54, 1.807) is 42.5 Å². The Balaban J connectivity index is 1.63. The highest BCUT2D eigenvalue weighted by Gasteiger charge is 2.14. The summed E-state index contributed by atoms with van der Waals surface area (Å²) in [4.78, 5) is 24.8. The molecule has 5 nitrogen and oxygen atoms in total. The van der Waals surface area contributed by atoms with E-state index in [9.17, 15) is 9.59 Å². The molecule has 0 radical (unpaired) electrons. The number of hydrogen-bond donors (Lipinski definition) is 1. The summed E-state index contributed by atoms with van der Waals surface area (Å²) in [5, 5.41) is 3.17. The maximum atomic E-state index is 12.6. The molecule has 1 aromatic heterocycles. The number of fused-ring (bicyclic) bond motifs is 1. The van der Waals surface area contributed by atoms with Crippen LogP contribution in [0, 0.1) is 0 Å². The van der Waals surface area contributed by atoms with E-state index in [0.717, 1.165) is 0 Å². The van der Waals surface area contributed by atoms with Crippen molar-refractivity contribution in [1.29, 1.82) is 0 Å². The van der Waals surface area contributed by atoms with E-state index in [1.165, 1.54) is 6.07 Å². The van der Waals surface area contributed by atoms with Gasteiger partial charge in [-0.3, -0.25) is 9.59 Å². The minimum absolute atomic E-state index is 0.0618. The third kappa shape index (κ3) is 3.57. The fraction of sp³-hybridized carbons (Fsp3) is 0. The van der Waals surface area contributed by atoms with Crippen LogP contribution in [-0.2, 0) is 0 Å². The number of ether oxygens (including phenoxy) is 1. The highest BCUT2D eigenvalue weighted by molar-refractivity contribution is 6.03. The summed E-state index contributed by atoms with van der Waals surface area (Å²) < 4.78 is 11.4. The molecule has 0 bridgehead atoms.